The van der Waals surface area contributed by atoms with E-state index < -0.39 is 22.2 Å². The van der Waals surface area contributed by atoms with E-state index in [-0.39, 0.29) is 6.42 Å². The average Bonchev–Trinajstić information content (AvgIpc) is 2.09. The van der Waals surface area contributed by atoms with Crippen molar-refractivity contribution in [2.24, 2.45) is 0 Å². The number of esters is 1. The lowest BCUT2D eigenvalue weighted by Crippen LogP contribution is -2.28. The summed E-state index contributed by atoms with van der Waals surface area (Å²) in [6.45, 7) is 0. The zero-order valence-electron chi connectivity index (χ0n) is 7.93. The fourth-order valence-corrected chi connectivity index (χ4v) is 1.50. The second-order valence-electron chi connectivity index (χ2n) is 2.56. The zero-order valence-corrected chi connectivity index (χ0v) is 9.56. The van der Waals surface area contributed by atoms with Crippen molar-refractivity contribution in [1.29, 1.82) is 0 Å². The van der Waals surface area contributed by atoms with E-state index in [4.69, 9.17) is 0 Å². The van der Waals surface area contributed by atoms with Gasteiger partial charge in [0.05, 0.1) is 13.4 Å². The molecule has 0 amide bonds. The van der Waals surface area contributed by atoms with Crippen molar-refractivity contribution < 1.29 is 22.1 Å². The number of thiocarbonyl (C=S) groups is 1. The molecule has 0 spiro atoms. The lowest BCUT2D eigenvalue weighted by Gasteiger charge is -2.12. The van der Waals surface area contributed by atoms with Crippen LogP contribution in [0.1, 0.15) is 12.8 Å². The Morgan fingerprint density at radius 1 is 1.57 bits per heavy atom. The van der Waals surface area contributed by atoms with Gasteiger partial charge in [0.25, 0.3) is 10.1 Å². The van der Waals surface area contributed by atoms with E-state index in [1.807, 2.05) is 0 Å². The molecule has 0 radical (unpaired) electrons. The summed E-state index contributed by atoms with van der Waals surface area (Å²) in [6.07, 6.45) is 0.378. The molecule has 1 atom stereocenters. The monoisotopic (exact) mass is 240 g/mol. The maximum Gasteiger partial charge on any atom is 0.336 e. The van der Waals surface area contributed by atoms with Gasteiger partial charge in [-0.15, -0.1) is 0 Å². The quantitative estimate of drug-likeness (QED) is 0.377. The maximum absolute atomic E-state index is 11.0. The molecule has 0 saturated heterocycles. The van der Waals surface area contributed by atoms with Gasteiger partial charge in [-0.1, -0.05) is 12.2 Å². The van der Waals surface area contributed by atoms with E-state index in [1.54, 1.807) is 0 Å². The van der Waals surface area contributed by atoms with Crippen LogP contribution in [0.25, 0.3) is 0 Å². The van der Waals surface area contributed by atoms with Gasteiger partial charge in [-0.05, 0) is 18.2 Å². The Kier molecular flexibility index (Phi) is 5.82. The van der Waals surface area contributed by atoms with Crippen LogP contribution < -0.4 is 0 Å². The van der Waals surface area contributed by atoms with E-state index in [2.05, 4.69) is 21.1 Å². The summed E-state index contributed by atoms with van der Waals surface area (Å²) in [7, 11) is -2.49. The van der Waals surface area contributed by atoms with Gasteiger partial charge in [0.2, 0.25) is 0 Å². The largest absolute Gasteiger partial charge is 0.467 e. The number of carbonyl (C=O) groups is 1. The second-order valence-corrected chi connectivity index (χ2v) is 4.49. The molecule has 5 nitrogen and oxygen atoms in total. The molecule has 0 aliphatic rings. The molecule has 0 heterocycles. The smallest absolute Gasteiger partial charge is 0.336 e. The lowest BCUT2D eigenvalue weighted by molar-refractivity contribution is -0.148. The van der Waals surface area contributed by atoms with Crippen LogP contribution in [0.15, 0.2) is 0 Å². The lowest BCUT2D eigenvalue weighted by atomic mass is 10.2. The summed E-state index contributed by atoms with van der Waals surface area (Å²) in [4.78, 5) is 11.0. The standard InChI is InChI=1S/C7H12O5S2/c1-11-7(8)6(4-3-5-13)12-14(2,9)10/h5-6H,3-4H2,1-2H3. The summed E-state index contributed by atoms with van der Waals surface area (Å²) < 4.78 is 30.4. The summed E-state index contributed by atoms with van der Waals surface area (Å²) in [6, 6.07) is 0. The Bertz CT molecular complexity index is 295. The summed E-state index contributed by atoms with van der Waals surface area (Å²) in [5.41, 5.74) is 0. The van der Waals surface area contributed by atoms with Crippen molar-refractivity contribution in [3.8, 4) is 0 Å². The number of rotatable bonds is 6. The minimum atomic E-state index is -3.66. The predicted octanol–water partition coefficient (Wildman–Crippen LogP) is 0.284. The van der Waals surface area contributed by atoms with Crippen LogP contribution in [0.3, 0.4) is 0 Å². The van der Waals surface area contributed by atoms with Crippen molar-refractivity contribution in [1.82, 2.24) is 0 Å². The van der Waals surface area contributed by atoms with E-state index in [9.17, 15) is 13.2 Å². The molecule has 0 N–H and O–H groups in total. The fraction of sp³-hybridized carbons (Fsp3) is 0.714. The van der Waals surface area contributed by atoms with Crippen molar-refractivity contribution in [3.63, 3.8) is 0 Å². The predicted molar refractivity (Wildman–Crippen MR) is 54.6 cm³/mol. The molecule has 1 unspecified atom stereocenters. The Labute approximate surface area is 88.5 Å². The first-order valence-corrected chi connectivity index (χ1v) is 6.09. The van der Waals surface area contributed by atoms with Crippen LogP contribution in [0, 0.1) is 0 Å². The first-order chi connectivity index (χ1) is 6.40. The minimum absolute atomic E-state index is 0.198. The summed E-state index contributed by atoms with van der Waals surface area (Å²) in [5.74, 6) is -0.715. The molecular formula is C7H12O5S2. The van der Waals surface area contributed by atoms with Gasteiger partial charge in [-0.3, -0.25) is 4.18 Å². The van der Waals surface area contributed by atoms with Gasteiger partial charge >= 0.3 is 5.97 Å². The number of carbonyl (C=O) groups excluding carboxylic acids is 1. The summed E-state index contributed by atoms with van der Waals surface area (Å²) >= 11 is 4.55. The van der Waals surface area contributed by atoms with Crippen molar-refractivity contribution >= 4 is 33.7 Å². The highest BCUT2D eigenvalue weighted by Gasteiger charge is 2.23. The van der Waals surface area contributed by atoms with Crippen LogP contribution >= 0.6 is 12.2 Å². The van der Waals surface area contributed by atoms with Crippen molar-refractivity contribution in [3.05, 3.63) is 0 Å². The third-order valence-corrected chi connectivity index (χ3v) is 2.12. The molecule has 0 aromatic heterocycles. The Morgan fingerprint density at radius 2 is 2.14 bits per heavy atom. The van der Waals surface area contributed by atoms with Crippen LogP contribution in [-0.4, -0.2) is 39.2 Å². The van der Waals surface area contributed by atoms with Gasteiger partial charge in [0.1, 0.15) is 0 Å². The second kappa shape index (κ2) is 6.05. The topological polar surface area (TPSA) is 69.7 Å². The molecule has 0 rings (SSSR count). The molecule has 14 heavy (non-hydrogen) atoms. The highest BCUT2D eigenvalue weighted by Crippen LogP contribution is 2.07. The molecule has 0 aliphatic heterocycles. The molecule has 82 valence electrons. The molecule has 0 aromatic rings. The van der Waals surface area contributed by atoms with Gasteiger partial charge in [-0.25, -0.2) is 4.79 Å². The molecule has 0 aromatic carbocycles. The number of hydrogen-bond acceptors (Lipinski definition) is 6. The van der Waals surface area contributed by atoms with Gasteiger partial charge in [0, 0.05) is 0 Å². The third-order valence-electron chi connectivity index (χ3n) is 1.30. The highest BCUT2D eigenvalue weighted by atomic mass is 32.2. The van der Waals surface area contributed by atoms with Crippen molar-refractivity contribution in [2.75, 3.05) is 13.4 Å². The zero-order chi connectivity index (χ0) is 11.2. The van der Waals surface area contributed by atoms with Gasteiger partial charge in [0.15, 0.2) is 6.10 Å². The molecule has 7 heteroatoms. The average molecular weight is 240 g/mol. The maximum atomic E-state index is 11.0. The Hall–Kier alpha value is -0.530. The number of hydrogen-bond donors (Lipinski definition) is 0. The Morgan fingerprint density at radius 3 is 2.50 bits per heavy atom. The van der Waals surface area contributed by atoms with E-state index in [0.29, 0.717) is 6.42 Å². The van der Waals surface area contributed by atoms with Crippen molar-refractivity contribution in [2.45, 2.75) is 18.9 Å². The SMILES string of the molecule is COC(=O)C(CCC=S)OS(C)(=O)=O. The molecule has 0 aliphatic carbocycles. The van der Waals surface area contributed by atoms with E-state index >= 15 is 0 Å². The van der Waals surface area contributed by atoms with Gasteiger partial charge < -0.3 is 4.74 Å². The molecule has 0 saturated carbocycles. The first-order valence-electron chi connectivity index (χ1n) is 3.80. The molecule has 0 bridgehead atoms. The number of ether oxygens (including phenoxy) is 1. The van der Waals surface area contributed by atoms with E-state index in [1.165, 1.54) is 12.5 Å². The Balaban J connectivity index is 4.39. The van der Waals surface area contributed by atoms with Crippen LogP contribution in [0.2, 0.25) is 0 Å². The van der Waals surface area contributed by atoms with Crippen LogP contribution in [0.4, 0.5) is 0 Å². The number of methoxy groups -OCH3 is 1. The molecular weight excluding hydrogens is 228 g/mol. The van der Waals surface area contributed by atoms with E-state index in [0.717, 1.165) is 6.26 Å². The van der Waals surface area contributed by atoms with Gasteiger partial charge in [-0.2, -0.15) is 8.42 Å². The first kappa shape index (κ1) is 13.5. The molecule has 0 fully saturated rings. The van der Waals surface area contributed by atoms with Crippen LogP contribution in [0.5, 0.6) is 0 Å². The third kappa shape index (κ3) is 6.01. The van der Waals surface area contributed by atoms with Crippen LogP contribution in [-0.2, 0) is 23.8 Å². The fourth-order valence-electron chi connectivity index (χ4n) is 0.767. The highest BCUT2D eigenvalue weighted by molar-refractivity contribution is 7.86. The minimum Gasteiger partial charge on any atom is -0.467 e. The summed E-state index contributed by atoms with van der Waals surface area (Å²) in [5, 5.41) is 1.40. The normalized spacial score (nSPS) is 13.3.